The standard InChI is InChI=1S/C22H23N3O6/c1-5-19(28)23-16-9-6-8-15(12-16)21-24-25(13(2)26)22(31-21)17-10-7-11-18(29-4)20(17)30-14(3)27/h6-12,22H,5H2,1-4H3,(H,23,28). The van der Waals surface area contributed by atoms with Crippen LogP contribution in [0.15, 0.2) is 47.6 Å². The first-order valence-corrected chi connectivity index (χ1v) is 9.64. The summed E-state index contributed by atoms with van der Waals surface area (Å²) >= 11 is 0. The number of carbonyl (C=O) groups excluding carboxylic acids is 3. The molecule has 0 fully saturated rings. The molecule has 2 amide bonds. The number of hydrazone groups is 1. The van der Waals surface area contributed by atoms with Crippen molar-refractivity contribution in [3.05, 3.63) is 53.6 Å². The average molecular weight is 425 g/mol. The summed E-state index contributed by atoms with van der Waals surface area (Å²) in [5.74, 6) is -0.390. The van der Waals surface area contributed by atoms with Crippen molar-refractivity contribution < 1.29 is 28.6 Å². The monoisotopic (exact) mass is 425 g/mol. The molecular formula is C22H23N3O6. The third-order valence-electron chi connectivity index (χ3n) is 4.42. The molecule has 1 unspecified atom stereocenters. The highest BCUT2D eigenvalue weighted by Gasteiger charge is 2.36. The van der Waals surface area contributed by atoms with E-state index in [1.54, 1.807) is 49.4 Å². The first kappa shape index (κ1) is 21.8. The Hall–Kier alpha value is -3.88. The van der Waals surface area contributed by atoms with Gasteiger partial charge in [-0.15, -0.1) is 5.10 Å². The molecule has 0 spiro atoms. The molecule has 2 aromatic rings. The minimum absolute atomic E-state index is 0.128. The first-order chi connectivity index (χ1) is 14.8. The molecule has 9 nitrogen and oxygen atoms in total. The van der Waals surface area contributed by atoms with Crippen LogP contribution in [-0.2, 0) is 19.1 Å². The molecule has 31 heavy (non-hydrogen) atoms. The number of rotatable bonds is 6. The van der Waals surface area contributed by atoms with Gasteiger partial charge in [-0.25, -0.2) is 0 Å². The summed E-state index contributed by atoms with van der Waals surface area (Å²) in [5.41, 5.74) is 1.55. The maximum Gasteiger partial charge on any atom is 0.308 e. The Kier molecular flexibility index (Phi) is 6.54. The number of carbonyl (C=O) groups is 3. The lowest BCUT2D eigenvalue weighted by atomic mass is 10.1. The molecule has 1 heterocycles. The van der Waals surface area contributed by atoms with Gasteiger partial charge in [-0.1, -0.05) is 19.1 Å². The second-order valence-electron chi connectivity index (χ2n) is 6.69. The number of hydrogen-bond donors (Lipinski definition) is 1. The van der Waals surface area contributed by atoms with Crippen LogP contribution in [0.3, 0.4) is 0 Å². The van der Waals surface area contributed by atoms with Crippen LogP contribution in [0.4, 0.5) is 5.69 Å². The van der Waals surface area contributed by atoms with Gasteiger partial charge in [0, 0.05) is 31.5 Å². The maximum atomic E-state index is 12.3. The Labute approximate surface area is 179 Å². The molecule has 1 aliphatic heterocycles. The Morgan fingerprint density at radius 3 is 2.55 bits per heavy atom. The van der Waals surface area contributed by atoms with E-state index in [0.717, 1.165) is 5.01 Å². The number of anilines is 1. The maximum absolute atomic E-state index is 12.3. The SMILES string of the molecule is CCC(=O)Nc1cccc(C2=NN(C(C)=O)C(c3cccc(OC)c3OC(C)=O)O2)c1. The summed E-state index contributed by atoms with van der Waals surface area (Å²) in [6.45, 7) is 4.38. The van der Waals surface area contributed by atoms with Crippen molar-refractivity contribution in [2.45, 2.75) is 33.4 Å². The van der Waals surface area contributed by atoms with Gasteiger partial charge in [0.25, 0.3) is 0 Å². The zero-order chi connectivity index (χ0) is 22.5. The topological polar surface area (TPSA) is 107 Å². The molecule has 0 saturated heterocycles. The van der Waals surface area contributed by atoms with Crippen LogP contribution in [0.5, 0.6) is 11.5 Å². The number of amides is 2. The highest BCUT2D eigenvalue weighted by Crippen LogP contribution is 2.40. The van der Waals surface area contributed by atoms with E-state index >= 15 is 0 Å². The van der Waals surface area contributed by atoms with Crippen molar-refractivity contribution in [1.82, 2.24) is 5.01 Å². The van der Waals surface area contributed by atoms with Gasteiger partial charge in [0.1, 0.15) is 0 Å². The van der Waals surface area contributed by atoms with Crippen LogP contribution in [-0.4, -0.2) is 35.8 Å². The van der Waals surface area contributed by atoms with Crippen molar-refractivity contribution in [2.24, 2.45) is 5.10 Å². The van der Waals surface area contributed by atoms with E-state index in [1.807, 2.05) is 0 Å². The summed E-state index contributed by atoms with van der Waals surface area (Å²) in [5, 5.41) is 8.25. The molecule has 0 aliphatic carbocycles. The molecule has 1 atom stereocenters. The molecule has 2 aromatic carbocycles. The predicted molar refractivity (Wildman–Crippen MR) is 113 cm³/mol. The fourth-order valence-corrected chi connectivity index (χ4v) is 3.01. The van der Waals surface area contributed by atoms with Gasteiger partial charge in [-0.3, -0.25) is 14.4 Å². The van der Waals surface area contributed by atoms with Gasteiger partial charge in [0.05, 0.1) is 12.7 Å². The Morgan fingerprint density at radius 1 is 1.16 bits per heavy atom. The minimum Gasteiger partial charge on any atom is -0.493 e. The van der Waals surface area contributed by atoms with Crippen molar-refractivity contribution in [3.63, 3.8) is 0 Å². The summed E-state index contributed by atoms with van der Waals surface area (Å²) in [6.07, 6.45) is -0.623. The molecule has 1 N–H and O–H groups in total. The van der Waals surface area contributed by atoms with E-state index in [9.17, 15) is 14.4 Å². The molecule has 3 rings (SSSR count). The van der Waals surface area contributed by atoms with Crippen LogP contribution < -0.4 is 14.8 Å². The van der Waals surface area contributed by atoms with Gasteiger partial charge >= 0.3 is 5.97 Å². The summed E-state index contributed by atoms with van der Waals surface area (Å²) in [6, 6.07) is 11.9. The third-order valence-corrected chi connectivity index (χ3v) is 4.42. The molecular weight excluding hydrogens is 402 g/mol. The number of ether oxygens (including phenoxy) is 3. The average Bonchev–Trinajstić information content (AvgIpc) is 3.19. The van der Waals surface area contributed by atoms with Crippen LogP contribution in [0, 0.1) is 0 Å². The van der Waals surface area contributed by atoms with Gasteiger partial charge in [0.15, 0.2) is 11.5 Å². The quantitative estimate of drug-likeness (QED) is 0.563. The molecule has 9 heteroatoms. The van der Waals surface area contributed by atoms with E-state index in [0.29, 0.717) is 29.0 Å². The molecule has 0 radical (unpaired) electrons. The van der Waals surface area contributed by atoms with Gasteiger partial charge < -0.3 is 19.5 Å². The van der Waals surface area contributed by atoms with Crippen LogP contribution in [0.2, 0.25) is 0 Å². The second kappa shape index (κ2) is 9.29. The Balaban J connectivity index is 1.98. The molecule has 0 aromatic heterocycles. The largest absolute Gasteiger partial charge is 0.493 e. The lowest BCUT2D eigenvalue weighted by Gasteiger charge is -2.22. The summed E-state index contributed by atoms with van der Waals surface area (Å²) in [7, 11) is 1.45. The van der Waals surface area contributed by atoms with Crippen LogP contribution >= 0.6 is 0 Å². The zero-order valence-electron chi connectivity index (χ0n) is 17.7. The number of benzene rings is 2. The van der Waals surface area contributed by atoms with Crippen molar-refractivity contribution in [3.8, 4) is 11.5 Å². The van der Waals surface area contributed by atoms with Crippen molar-refractivity contribution in [2.75, 3.05) is 12.4 Å². The molecule has 0 bridgehead atoms. The summed E-state index contributed by atoms with van der Waals surface area (Å²) < 4.78 is 16.7. The number of nitrogens with zero attached hydrogens (tertiary/aromatic N) is 2. The number of para-hydroxylation sites is 1. The third kappa shape index (κ3) is 4.82. The number of esters is 1. The van der Waals surface area contributed by atoms with E-state index in [2.05, 4.69) is 10.4 Å². The van der Waals surface area contributed by atoms with E-state index in [1.165, 1.54) is 21.0 Å². The van der Waals surface area contributed by atoms with Gasteiger partial charge in [-0.2, -0.15) is 5.01 Å². The summed E-state index contributed by atoms with van der Waals surface area (Å²) in [4.78, 5) is 35.6. The molecule has 162 valence electrons. The van der Waals surface area contributed by atoms with E-state index in [-0.39, 0.29) is 23.5 Å². The van der Waals surface area contributed by atoms with E-state index < -0.39 is 12.2 Å². The second-order valence-corrected chi connectivity index (χ2v) is 6.69. The highest BCUT2D eigenvalue weighted by atomic mass is 16.6. The predicted octanol–water partition coefficient (Wildman–Crippen LogP) is 3.21. The van der Waals surface area contributed by atoms with Gasteiger partial charge in [-0.05, 0) is 30.3 Å². The molecule has 1 aliphatic rings. The Bertz CT molecular complexity index is 1050. The zero-order valence-corrected chi connectivity index (χ0v) is 17.7. The number of methoxy groups -OCH3 is 1. The van der Waals surface area contributed by atoms with Crippen LogP contribution in [0.1, 0.15) is 44.5 Å². The smallest absolute Gasteiger partial charge is 0.308 e. The lowest BCUT2D eigenvalue weighted by molar-refractivity contribution is -0.135. The number of nitrogens with one attached hydrogen (secondary N) is 1. The Morgan fingerprint density at radius 2 is 1.90 bits per heavy atom. The van der Waals surface area contributed by atoms with Crippen molar-refractivity contribution in [1.29, 1.82) is 0 Å². The molecule has 0 saturated carbocycles. The van der Waals surface area contributed by atoms with Gasteiger partial charge in [0.2, 0.25) is 23.9 Å². The first-order valence-electron chi connectivity index (χ1n) is 9.64. The normalized spacial score (nSPS) is 15.0. The fourth-order valence-electron chi connectivity index (χ4n) is 3.01. The van der Waals surface area contributed by atoms with Crippen LogP contribution in [0.25, 0.3) is 0 Å². The van der Waals surface area contributed by atoms with E-state index in [4.69, 9.17) is 14.2 Å². The number of hydrogen-bond acceptors (Lipinski definition) is 7. The fraction of sp³-hybridized carbons (Fsp3) is 0.273. The highest BCUT2D eigenvalue weighted by molar-refractivity contribution is 5.98. The lowest BCUT2D eigenvalue weighted by Crippen LogP contribution is -2.26. The van der Waals surface area contributed by atoms with Crippen molar-refractivity contribution >= 4 is 29.4 Å². The minimum atomic E-state index is -0.967.